The van der Waals surface area contributed by atoms with E-state index in [1.807, 2.05) is 0 Å². The van der Waals surface area contributed by atoms with Gasteiger partial charge in [0, 0.05) is 0 Å². The number of rotatable bonds is 2. The molecule has 0 heterocycles. The molecular weight excluding hydrogens is 227 g/mol. The van der Waals surface area contributed by atoms with Gasteiger partial charge in [0.1, 0.15) is 0 Å². The molecule has 0 aliphatic heterocycles. The molecule has 0 atom stereocenters. The van der Waals surface area contributed by atoms with E-state index in [9.17, 15) is 0 Å². The predicted molar refractivity (Wildman–Crippen MR) is 77.6 cm³/mol. The molecule has 0 aliphatic rings. The minimum atomic E-state index is -0.715. The van der Waals surface area contributed by atoms with Crippen LogP contribution in [0.5, 0.6) is 0 Å². The van der Waals surface area contributed by atoms with E-state index in [2.05, 4.69) is 81.4 Å². The molecule has 2 heteroatoms. The second kappa shape index (κ2) is 6.43. The van der Waals surface area contributed by atoms with Gasteiger partial charge in [-0.25, -0.2) is 8.80 Å². The molecule has 18 heavy (non-hydrogen) atoms. The molecule has 0 fully saturated rings. The van der Waals surface area contributed by atoms with Crippen molar-refractivity contribution in [3.63, 3.8) is 0 Å². The molecule has 2 rings (SSSR count). The van der Waals surface area contributed by atoms with Crippen LogP contribution < -0.4 is 29.2 Å². The summed E-state index contributed by atoms with van der Waals surface area (Å²) in [6.07, 6.45) is 0. The summed E-state index contributed by atoms with van der Waals surface area (Å²) >= 11 is 0. The maximum atomic E-state index is 2.35. The Balaban J connectivity index is 0.00000162. The monoisotopic (exact) mass is 246 g/mol. The molecule has 0 radical (unpaired) electrons. The van der Waals surface area contributed by atoms with E-state index in [1.165, 1.54) is 10.4 Å². The van der Waals surface area contributed by atoms with Crippen molar-refractivity contribution in [2.24, 2.45) is 0 Å². The van der Waals surface area contributed by atoms with Crippen molar-refractivity contribution in [3.05, 3.63) is 60.7 Å². The summed E-state index contributed by atoms with van der Waals surface area (Å²) in [6, 6.07) is 21.9. The van der Waals surface area contributed by atoms with E-state index in [0.29, 0.717) is 5.04 Å². The van der Waals surface area contributed by atoms with Crippen LogP contribution in [0.4, 0.5) is 0 Å². The summed E-state index contributed by atoms with van der Waals surface area (Å²) in [5.41, 5.74) is 0. The first-order valence-corrected chi connectivity index (χ1v) is 7.57. The fourth-order valence-electron chi connectivity index (χ4n) is 2.24. The first kappa shape index (κ1) is 15.3. The predicted octanol–water partition coefficient (Wildman–Crippen LogP) is 0.0997. The molecule has 0 saturated heterocycles. The zero-order chi connectivity index (χ0) is 12.3. The van der Waals surface area contributed by atoms with E-state index in [-0.39, 0.29) is 18.9 Å². The van der Waals surface area contributed by atoms with Gasteiger partial charge in [-0.15, -0.1) is 5.04 Å². The fourth-order valence-corrected chi connectivity index (χ4v) is 5.36. The van der Waals surface area contributed by atoms with Gasteiger partial charge in [0.05, 0.1) is 0 Å². The first-order valence-electron chi connectivity index (χ1n) is 6.07. The second-order valence-corrected chi connectivity index (χ2v) is 8.76. The molecule has 0 aliphatic carbocycles. The van der Waals surface area contributed by atoms with Crippen LogP contribution in [0.1, 0.15) is 20.8 Å². The van der Waals surface area contributed by atoms with Gasteiger partial charge in [0.2, 0.25) is 0 Å². The molecule has 0 N–H and O–H groups in total. The molecule has 0 amide bonds. The van der Waals surface area contributed by atoms with Gasteiger partial charge in [0.25, 0.3) is 0 Å². The van der Waals surface area contributed by atoms with Crippen LogP contribution in [-0.2, 0) is 0 Å². The maximum absolute atomic E-state index is 2.35. The van der Waals surface area contributed by atoms with Crippen LogP contribution in [0.3, 0.4) is 0 Å². The van der Waals surface area contributed by atoms with Gasteiger partial charge in [-0.1, -0.05) is 81.4 Å². The summed E-state index contributed by atoms with van der Waals surface area (Å²) in [5, 5.41) is 3.32. The second-order valence-electron chi connectivity index (χ2n) is 5.36. The van der Waals surface area contributed by atoms with E-state index < -0.39 is 8.80 Å². The number of hydrogen-bond donors (Lipinski definition) is 0. The van der Waals surface area contributed by atoms with E-state index in [4.69, 9.17) is 0 Å². The molecule has 0 spiro atoms. The quantitative estimate of drug-likeness (QED) is 0.659. The van der Waals surface area contributed by atoms with Gasteiger partial charge >= 0.3 is 18.9 Å². The summed E-state index contributed by atoms with van der Waals surface area (Å²) in [6.45, 7) is 7.05. The normalized spacial score (nSPS) is 10.6. The molecule has 2 aromatic rings. The topological polar surface area (TPSA) is 0 Å². The van der Waals surface area contributed by atoms with Crippen LogP contribution in [0.15, 0.2) is 60.7 Å². The first-order chi connectivity index (χ1) is 8.09. The van der Waals surface area contributed by atoms with Crippen molar-refractivity contribution in [2.45, 2.75) is 25.8 Å². The SMILES string of the molecule is CC(C)(C)[Si-](c1ccccc1)c1ccccc1.[Li+]. The number of hydrogen-bond acceptors (Lipinski definition) is 0. The minimum Gasteiger partial charge on any atom is -0.245 e. The van der Waals surface area contributed by atoms with E-state index >= 15 is 0 Å². The van der Waals surface area contributed by atoms with Gasteiger partial charge < -0.3 is 0 Å². The van der Waals surface area contributed by atoms with Crippen molar-refractivity contribution >= 4 is 19.2 Å². The van der Waals surface area contributed by atoms with Crippen molar-refractivity contribution in [2.75, 3.05) is 0 Å². The average Bonchev–Trinajstić information content (AvgIpc) is 2.30. The Hall–Kier alpha value is -0.746. The third-order valence-corrected chi connectivity index (χ3v) is 6.20. The Morgan fingerprint density at radius 3 is 1.28 bits per heavy atom. The van der Waals surface area contributed by atoms with Crippen LogP contribution in [-0.4, -0.2) is 8.80 Å². The molecule has 2 aromatic carbocycles. The Kier molecular flexibility index (Phi) is 5.47. The molecule has 0 nitrogen and oxygen atoms in total. The summed E-state index contributed by atoms with van der Waals surface area (Å²) in [7, 11) is -0.715. The Morgan fingerprint density at radius 2 is 1.00 bits per heavy atom. The van der Waals surface area contributed by atoms with Gasteiger partial charge in [-0.2, -0.15) is 10.4 Å². The van der Waals surface area contributed by atoms with Crippen molar-refractivity contribution in [1.82, 2.24) is 0 Å². The molecule has 0 saturated carbocycles. The third kappa shape index (κ3) is 3.62. The Morgan fingerprint density at radius 1 is 0.667 bits per heavy atom. The zero-order valence-corrected chi connectivity index (χ0v) is 12.8. The molecule has 88 valence electrons. The van der Waals surface area contributed by atoms with Gasteiger partial charge in [-0.3, -0.25) is 0 Å². The van der Waals surface area contributed by atoms with Crippen LogP contribution >= 0.6 is 0 Å². The van der Waals surface area contributed by atoms with Crippen molar-refractivity contribution < 1.29 is 18.9 Å². The molecule has 0 aromatic heterocycles. The Bertz CT molecular complexity index is 420. The summed E-state index contributed by atoms with van der Waals surface area (Å²) < 4.78 is 0. The van der Waals surface area contributed by atoms with Gasteiger partial charge in [0.15, 0.2) is 0 Å². The van der Waals surface area contributed by atoms with Crippen molar-refractivity contribution in [1.29, 1.82) is 0 Å². The Labute approximate surface area is 124 Å². The average molecular weight is 246 g/mol. The molecule has 0 bridgehead atoms. The largest absolute Gasteiger partial charge is 1.00 e. The zero-order valence-electron chi connectivity index (χ0n) is 11.8. The molecule has 0 unspecified atom stereocenters. The maximum Gasteiger partial charge on any atom is 1.00 e. The van der Waals surface area contributed by atoms with Gasteiger partial charge in [-0.05, 0) is 0 Å². The van der Waals surface area contributed by atoms with E-state index in [1.54, 1.807) is 0 Å². The standard InChI is InChI=1S/C16H19Si.Li/c1-16(2,3)17(14-10-6-4-7-11-14)15-12-8-5-9-13-15;/h4-13H,1-3H3;/q-1;+1. The van der Waals surface area contributed by atoms with Crippen molar-refractivity contribution in [3.8, 4) is 0 Å². The van der Waals surface area contributed by atoms with E-state index in [0.717, 1.165) is 0 Å². The summed E-state index contributed by atoms with van der Waals surface area (Å²) in [5.74, 6) is 0. The third-order valence-electron chi connectivity index (χ3n) is 2.87. The van der Waals surface area contributed by atoms with Crippen LogP contribution in [0.2, 0.25) is 5.04 Å². The number of benzene rings is 2. The fraction of sp³-hybridized carbons (Fsp3) is 0.250. The minimum absolute atomic E-state index is 0. The van der Waals surface area contributed by atoms with Crippen LogP contribution in [0.25, 0.3) is 0 Å². The summed E-state index contributed by atoms with van der Waals surface area (Å²) in [4.78, 5) is 0. The molecular formula is C16H19LiSi. The smallest absolute Gasteiger partial charge is 0.245 e. The van der Waals surface area contributed by atoms with Crippen LogP contribution in [0, 0.1) is 0 Å².